The maximum absolute atomic E-state index is 12.9. The number of carbonyl (C=O) groups is 1. The fraction of sp³-hybridized carbons (Fsp3) is 0.462. The molecule has 1 amide bonds. The Hall–Kier alpha value is -3.04. The molecule has 1 unspecified atom stereocenters. The van der Waals surface area contributed by atoms with Crippen molar-refractivity contribution in [3.05, 3.63) is 53.6 Å². The van der Waals surface area contributed by atoms with Crippen molar-refractivity contribution in [2.45, 2.75) is 38.8 Å². The van der Waals surface area contributed by atoms with Crippen LogP contribution in [-0.4, -0.2) is 43.3 Å². The van der Waals surface area contributed by atoms with Gasteiger partial charge in [0.1, 0.15) is 11.9 Å². The molecule has 0 saturated carbocycles. The molecule has 4 aliphatic heterocycles. The molecule has 4 aliphatic rings. The van der Waals surface area contributed by atoms with E-state index in [4.69, 9.17) is 9.47 Å². The molecule has 2 aromatic carbocycles. The smallest absolute Gasteiger partial charge is 0.407 e. The number of carbonyl (C=O) groups excluding carboxylic acids is 1. The van der Waals surface area contributed by atoms with E-state index in [1.165, 1.54) is 0 Å². The van der Waals surface area contributed by atoms with Crippen LogP contribution in [0.2, 0.25) is 0 Å². The van der Waals surface area contributed by atoms with Gasteiger partial charge in [0.15, 0.2) is 0 Å². The van der Waals surface area contributed by atoms with Crippen LogP contribution in [0.15, 0.2) is 42.5 Å². The highest BCUT2D eigenvalue weighted by Gasteiger charge is 2.41. The molecule has 6 heteroatoms. The minimum absolute atomic E-state index is 0.0233. The Bertz CT molecular complexity index is 1070. The average molecular weight is 432 g/mol. The number of hydrogen-bond donors (Lipinski definition) is 1. The van der Waals surface area contributed by atoms with Crippen molar-refractivity contribution >= 4 is 6.09 Å². The molecule has 32 heavy (non-hydrogen) atoms. The van der Waals surface area contributed by atoms with Crippen molar-refractivity contribution in [3.63, 3.8) is 0 Å². The number of alkyl carbamates (subject to hydrolysis) is 1. The summed E-state index contributed by atoms with van der Waals surface area (Å²) in [7, 11) is 0. The van der Waals surface area contributed by atoms with E-state index in [2.05, 4.69) is 30.1 Å². The SMILES string of the molecule is CC1(C)COc2cc(-c3ccccc3C#N)ccc2C1NC(=O)O[C@@H]1CN2CCC1CC2. The van der Waals surface area contributed by atoms with Crippen molar-refractivity contribution in [3.8, 4) is 22.9 Å². The quantitative estimate of drug-likeness (QED) is 0.774. The van der Waals surface area contributed by atoms with Crippen LogP contribution >= 0.6 is 0 Å². The van der Waals surface area contributed by atoms with Gasteiger partial charge in [0.25, 0.3) is 0 Å². The molecule has 166 valence electrons. The first kappa shape index (κ1) is 20.8. The molecule has 2 atom stereocenters. The monoisotopic (exact) mass is 431 g/mol. The summed E-state index contributed by atoms with van der Waals surface area (Å²) in [5, 5.41) is 12.6. The number of piperidine rings is 3. The van der Waals surface area contributed by atoms with Crippen LogP contribution in [0.1, 0.15) is 43.9 Å². The molecule has 0 aliphatic carbocycles. The third-order valence-electron chi connectivity index (χ3n) is 7.18. The van der Waals surface area contributed by atoms with Gasteiger partial charge in [-0.2, -0.15) is 5.26 Å². The molecule has 4 heterocycles. The fourth-order valence-corrected chi connectivity index (χ4v) is 5.27. The maximum Gasteiger partial charge on any atom is 0.407 e. The Morgan fingerprint density at radius 1 is 1.22 bits per heavy atom. The summed E-state index contributed by atoms with van der Waals surface area (Å²) in [4.78, 5) is 15.3. The lowest BCUT2D eigenvalue weighted by Crippen LogP contribution is -2.53. The van der Waals surface area contributed by atoms with Gasteiger partial charge < -0.3 is 14.8 Å². The molecule has 2 aromatic rings. The predicted molar refractivity (Wildman–Crippen MR) is 121 cm³/mol. The number of nitrogens with one attached hydrogen (secondary N) is 1. The summed E-state index contributed by atoms with van der Waals surface area (Å²) in [6.07, 6.45) is 1.84. The zero-order chi connectivity index (χ0) is 22.3. The topological polar surface area (TPSA) is 74.6 Å². The molecule has 0 aromatic heterocycles. The normalized spacial score (nSPS) is 27.5. The van der Waals surface area contributed by atoms with E-state index in [-0.39, 0.29) is 23.7 Å². The summed E-state index contributed by atoms with van der Waals surface area (Å²) in [5.74, 6) is 1.21. The lowest BCUT2D eigenvalue weighted by atomic mass is 9.78. The Morgan fingerprint density at radius 2 is 2.00 bits per heavy atom. The molecule has 0 radical (unpaired) electrons. The molecule has 3 saturated heterocycles. The summed E-state index contributed by atoms with van der Waals surface area (Å²) >= 11 is 0. The molecule has 6 nitrogen and oxygen atoms in total. The van der Waals surface area contributed by atoms with E-state index in [1.54, 1.807) is 0 Å². The van der Waals surface area contributed by atoms with Crippen molar-refractivity contribution in [2.75, 3.05) is 26.2 Å². The van der Waals surface area contributed by atoms with E-state index in [1.807, 2.05) is 42.5 Å². The van der Waals surface area contributed by atoms with Gasteiger partial charge in [0.2, 0.25) is 0 Å². The molecule has 1 N–H and O–H groups in total. The van der Waals surface area contributed by atoms with Crippen LogP contribution in [-0.2, 0) is 4.74 Å². The summed E-state index contributed by atoms with van der Waals surface area (Å²) < 4.78 is 12.0. The number of nitriles is 1. The van der Waals surface area contributed by atoms with Gasteiger partial charge in [-0.05, 0) is 55.1 Å². The van der Waals surface area contributed by atoms with Gasteiger partial charge >= 0.3 is 6.09 Å². The maximum atomic E-state index is 12.9. The van der Waals surface area contributed by atoms with Gasteiger partial charge in [-0.3, -0.25) is 4.90 Å². The van der Waals surface area contributed by atoms with E-state index < -0.39 is 0 Å². The van der Waals surface area contributed by atoms with Crippen LogP contribution in [0.25, 0.3) is 11.1 Å². The predicted octanol–water partition coefficient (Wildman–Crippen LogP) is 4.51. The minimum atomic E-state index is -0.353. The Balaban J connectivity index is 1.37. The second kappa shape index (κ2) is 8.14. The third kappa shape index (κ3) is 3.82. The summed E-state index contributed by atoms with van der Waals surface area (Å²) in [6, 6.07) is 15.5. The standard InChI is InChI=1S/C26H29N3O3/c1-26(2)16-31-22-13-18(20-6-4-3-5-19(20)14-27)7-8-21(22)24(26)28-25(30)32-23-15-29-11-9-17(23)10-12-29/h3-8,13,17,23-24H,9-12,15-16H2,1-2H3,(H,28,30)/t23-,24?/m1/s1. The first-order valence-electron chi connectivity index (χ1n) is 11.4. The zero-order valence-corrected chi connectivity index (χ0v) is 18.6. The summed E-state index contributed by atoms with van der Waals surface area (Å²) in [6.45, 7) is 7.73. The Kier molecular flexibility index (Phi) is 5.30. The number of fused-ring (bicyclic) bond motifs is 4. The highest BCUT2D eigenvalue weighted by Crippen LogP contribution is 2.44. The Labute approximate surface area is 189 Å². The number of amides is 1. The zero-order valence-electron chi connectivity index (χ0n) is 18.6. The number of rotatable bonds is 3. The van der Waals surface area contributed by atoms with Gasteiger partial charge in [0.05, 0.1) is 24.3 Å². The van der Waals surface area contributed by atoms with Gasteiger partial charge in [-0.1, -0.05) is 44.2 Å². The van der Waals surface area contributed by atoms with Crippen LogP contribution < -0.4 is 10.1 Å². The van der Waals surface area contributed by atoms with Crippen molar-refractivity contribution in [2.24, 2.45) is 11.3 Å². The van der Waals surface area contributed by atoms with E-state index in [0.717, 1.165) is 54.9 Å². The number of ether oxygens (including phenoxy) is 2. The van der Waals surface area contributed by atoms with Gasteiger partial charge in [-0.25, -0.2) is 4.79 Å². The minimum Gasteiger partial charge on any atom is -0.493 e. The largest absolute Gasteiger partial charge is 0.493 e. The second-order valence-electron chi connectivity index (χ2n) is 9.85. The number of benzene rings is 2. The van der Waals surface area contributed by atoms with E-state index in [9.17, 15) is 10.1 Å². The second-order valence-corrected chi connectivity index (χ2v) is 9.85. The lowest BCUT2D eigenvalue weighted by Gasteiger charge is -2.44. The third-order valence-corrected chi connectivity index (χ3v) is 7.18. The van der Waals surface area contributed by atoms with Crippen molar-refractivity contribution in [1.82, 2.24) is 10.2 Å². The van der Waals surface area contributed by atoms with Gasteiger partial charge in [0, 0.05) is 17.5 Å². The molecule has 3 fully saturated rings. The molecular formula is C26H29N3O3. The molecule has 6 rings (SSSR count). The highest BCUT2D eigenvalue weighted by atomic mass is 16.6. The summed E-state index contributed by atoms with van der Waals surface area (Å²) in [5.41, 5.74) is 3.07. The first-order chi connectivity index (χ1) is 15.4. The highest BCUT2D eigenvalue weighted by molar-refractivity contribution is 5.73. The lowest BCUT2D eigenvalue weighted by molar-refractivity contribution is -0.0361. The van der Waals surface area contributed by atoms with Crippen LogP contribution in [0.5, 0.6) is 5.75 Å². The molecular weight excluding hydrogens is 402 g/mol. The Morgan fingerprint density at radius 3 is 2.72 bits per heavy atom. The average Bonchev–Trinajstić information content (AvgIpc) is 2.81. The molecule has 2 bridgehead atoms. The van der Waals surface area contributed by atoms with E-state index in [0.29, 0.717) is 18.1 Å². The number of hydrogen-bond acceptors (Lipinski definition) is 5. The number of nitrogens with zero attached hydrogens (tertiary/aromatic N) is 2. The van der Waals surface area contributed by atoms with Gasteiger partial charge in [-0.15, -0.1) is 0 Å². The molecule has 0 spiro atoms. The van der Waals surface area contributed by atoms with Crippen LogP contribution in [0.4, 0.5) is 4.79 Å². The van der Waals surface area contributed by atoms with Crippen LogP contribution in [0.3, 0.4) is 0 Å². The van der Waals surface area contributed by atoms with Crippen LogP contribution in [0, 0.1) is 22.7 Å². The van der Waals surface area contributed by atoms with Crippen molar-refractivity contribution in [1.29, 1.82) is 5.26 Å². The fourth-order valence-electron chi connectivity index (χ4n) is 5.27. The van der Waals surface area contributed by atoms with E-state index >= 15 is 0 Å². The van der Waals surface area contributed by atoms with Crippen molar-refractivity contribution < 1.29 is 14.3 Å². The first-order valence-corrected chi connectivity index (χ1v) is 11.4.